The van der Waals surface area contributed by atoms with Gasteiger partial charge in [0, 0.05) is 12.1 Å². The Labute approximate surface area is 183 Å². The lowest BCUT2D eigenvalue weighted by Crippen LogP contribution is -2.39. The van der Waals surface area contributed by atoms with Crippen molar-refractivity contribution in [3.05, 3.63) is 53.1 Å². The third kappa shape index (κ3) is 6.81. The molecule has 0 aromatic heterocycles. The number of benzene rings is 2. The molecule has 9 heteroatoms. The number of amides is 1. The number of rotatable bonds is 10. The fraction of sp³-hybridized carbons (Fsp3) is 0.381. The predicted octanol–water partition coefficient (Wildman–Crippen LogP) is 3.40. The average Bonchev–Trinajstić information content (AvgIpc) is 2.71. The van der Waals surface area contributed by atoms with Gasteiger partial charge >= 0.3 is 0 Å². The zero-order valence-corrected chi connectivity index (χ0v) is 19.1. The van der Waals surface area contributed by atoms with E-state index in [0.717, 1.165) is 11.8 Å². The number of hydrogen-bond donors (Lipinski definition) is 1. The van der Waals surface area contributed by atoms with Crippen LogP contribution in [0.25, 0.3) is 0 Å². The van der Waals surface area contributed by atoms with Crippen LogP contribution in [0.2, 0.25) is 5.02 Å². The van der Waals surface area contributed by atoms with Gasteiger partial charge in [-0.05, 0) is 55.3 Å². The van der Waals surface area contributed by atoms with E-state index < -0.39 is 16.1 Å². The highest BCUT2D eigenvalue weighted by Crippen LogP contribution is 2.22. The largest absolute Gasteiger partial charge is 0.492 e. The molecule has 164 valence electrons. The maximum Gasteiger partial charge on any atom is 0.261 e. The van der Waals surface area contributed by atoms with E-state index in [2.05, 4.69) is 5.32 Å². The normalized spacial score (nSPS) is 12.2. The number of carbonyl (C=O) groups is 1. The van der Waals surface area contributed by atoms with Crippen LogP contribution in [0.15, 0.2) is 42.5 Å². The van der Waals surface area contributed by atoms with Crippen LogP contribution in [0, 0.1) is 6.92 Å². The molecule has 0 bridgehead atoms. The molecule has 0 aliphatic carbocycles. The summed E-state index contributed by atoms with van der Waals surface area (Å²) in [5.41, 5.74) is 1.48. The number of carbonyl (C=O) groups excluding carboxylic acids is 1. The predicted molar refractivity (Wildman–Crippen MR) is 119 cm³/mol. The van der Waals surface area contributed by atoms with Crippen molar-refractivity contribution in [1.29, 1.82) is 0 Å². The highest BCUT2D eigenvalue weighted by atomic mass is 35.5. The SMILES string of the molecule is CC[C@@H](Oc1ccc(N(C)S(C)(=O)=O)cc1)C(=O)NCCOc1ccc(C)c(Cl)c1. The Morgan fingerprint density at radius 2 is 1.80 bits per heavy atom. The summed E-state index contributed by atoms with van der Waals surface area (Å²) in [4.78, 5) is 12.4. The molecule has 0 aliphatic heterocycles. The van der Waals surface area contributed by atoms with Gasteiger partial charge in [-0.1, -0.05) is 24.6 Å². The summed E-state index contributed by atoms with van der Waals surface area (Å²) in [7, 11) is -1.87. The average molecular weight is 455 g/mol. The number of nitrogens with one attached hydrogen (secondary N) is 1. The van der Waals surface area contributed by atoms with Gasteiger partial charge in [-0.25, -0.2) is 8.42 Å². The monoisotopic (exact) mass is 454 g/mol. The smallest absolute Gasteiger partial charge is 0.261 e. The summed E-state index contributed by atoms with van der Waals surface area (Å²) in [5.74, 6) is 0.871. The van der Waals surface area contributed by atoms with E-state index in [1.807, 2.05) is 26.0 Å². The Kier molecular flexibility index (Phi) is 8.37. The number of ether oxygens (including phenoxy) is 2. The second-order valence-electron chi connectivity index (χ2n) is 6.79. The van der Waals surface area contributed by atoms with E-state index in [1.54, 1.807) is 30.3 Å². The molecule has 0 saturated carbocycles. The van der Waals surface area contributed by atoms with Gasteiger partial charge in [0.2, 0.25) is 10.0 Å². The van der Waals surface area contributed by atoms with E-state index in [-0.39, 0.29) is 5.91 Å². The maximum atomic E-state index is 12.4. The minimum Gasteiger partial charge on any atom is -0.492 e. The van der Waals surface area contributed by atoms with Gasteiger partial charge in [-0.15, -0.1) is 0 Å². The first kappa shape index (κ1) is 23.8. The van der Waals surface area contributed by atoms with Crippen molar-refractivity contribution in [3.8, 4) is 11.5 Å². The standard InChI is InChI=1S/C21H27ClN2O5S/c1-5-20(29-17-10-7-16(8-11-17)24(3)30(4,26)27)21(25)23-12-13-28-18-9-6-15(2)19(22)14-18/h6-11,14,20H,5,12-13H2,1-4H3,(H,23,25)/t20-/m1/s1. The minimum atomic E-state index is -3.34. The number of halogens is 1. The van der Waals surface area contributed by atoms with Crippen LogP contribution in [-0.4, -0.2) is 46.9 Å². The van der Waals surface area contributed by atoms with Crippen molar-refractivity contribution in [1.82, 2.24) is 5.32 Å². The number of anilines is 1. The fourth-order valence-electron chi connectivity index (χ4n) is 2.53. The minimum absolute atomic E-state index is 0.250. The summed E-state index contributed by atoms with van der Waals surface area (Å²) < 4.78 is 35.7. The lowest BCUT2D eigenvalue weighted by atomic mass is 10.2. The second kappa shape index (κ2) is 10.5. The van der Waals surface area contributed by atoms with Crippen LogP contribution in [0.1, 0.15) is 18.9 Å². The van der Waals surface area contributed by atoms with Gasteiger partial charge in [0.15, 0.2) is 6.10 Å². The summed E-state index contributed by atoms with van der Waals surface area (Å²) in [5, 5.41) is 3.42. The third-order valence-corrected chi connectivity index (χ3v) is 6.07. The molecule has 2 aromatic rings. The van der Waals surface area contributed by atoms with Crippen molar-refractivity contribution in [2.45, 2.75) is 26.4 Å². The van der Waals surface area contributed by atoms with Crippen LogP contribution in [0.3, 0.4) is 0 Å². The summed E-state index contributed by atoms with van der Waals surface area (Å²) in [6, 6.07) is 12.0. The van der Waals surface area contributed by atoms with Crippen molar-refractivity contribution < 1.29 is 22.7 Å². The molecule has 7 nitrogen and oxygen atoms in total. The van der Waals surface area contributed by atoms with E-state index in [9.17, 15) is 13.2 Å². The van der Waals surface area contributed by atoms with Gasteiger partial charge < -0.3 is 14.8 Å². The molecule has 0 heterocycles. The molecule has 0 radical (unpaired) electrons. The number of sulfonamides is 1. The third-order valence-electron chi connectivity index (χ3n) is 4.45. The van der Waals surface area contributed by atoms with Crippen molar-refractivity contribution in [3.63, 3.8) is 0 Å². The van der Waals surface area contributed by atoms with Crippen LogP contribution >= 0.6 is 11.6 Å². The van der Waals surface area contributed by atoms with Crippen molar-refractivity contribution >= 4 is 33.2 Å². The van der Waals surface area contributed by atoms with Gasteiger partial charge in [0.05, 0.1) is 18.5 Å². The van der Waals surface area contributed by atoms with E-state index in [0.29, 0.717) is 41.8 Å². The lowest BCUT2D eigenvalue weighted by molar-refractivity contribution is -0.128. The van der Waals surface area contributed by atoms with Crippen molar-refractivity contribution in [2.75, 3.05) is 30.8 Å². The number of aryl methyl sites for hydroxylation is 1. The first-order chi connectivity index (χ1) is 14.1. The van der Waals surface area contributed by atoms with Gasteiger partial charge in [-0.3, -0.25) is 9.10 Å². The lowest BCUT2D eigenvalue weighted by Gasteiger charge is -2.19. The Hall–Kier alpha value is -2.45. The van der Waals surface area contributed by atoms with Gasteiger partial charge in [-0.2, -0.15) is 0 Å². The Bertz CT molecular complexity index is 964. The molecule has 1 N–H and O–H groups in total. The highest BCUT2D eigenvalue weighted by Gasteiger charge is 2.18. The zero-order valence-electron chi connectivity index (χ0n) is 17.5. The van der Waals surface area contributed by atoms with Crippen LogP contribution in [-0.2, 0) is 14.8 Å². The number of hydrogen-bond acceptors (Lipinski definition) is 5. The maximum absolute atomic E-state index is 12.4. The Morgan fingerprint density at radius 1 is 1.17 bits per heavy atom. The first-order valence-corrected chi connectivity index (χ1v) is 11.7. The van der Waals surface area contributed by atoms with E-state index in [4.69, 9.17) is 21.1 Å². The molecular weight excluding hydrogens is 428 g/mol. The molecule has 2 aromatic carbocycles. The Morgan fingerprint density at radius 3 is 2.37 bits per heavy atom. The van der Waals surface area contributed by atoms with E-state index >= 15 is 0 Å². The summed E-state index contributed by atoms with van der Waals surface area (Å²) in [6.07, 6.45) is 0.939. The first-order valence-electron chi connectivity index (χ1n) is 9.49. The van der Waals surface area contributed by atoms with Gasteiger partial charge in [0.1, 0.15) is 18.1 Å². The topological polar surface area (TPSA) is 84.9 Å². The summed E-state index contributed by atoms with van der Waals surface area (Å²) in [6.45, 7) is 4.38. The molecule has 30 heavy (non-hydrogen) atoms. The van der Waals surface area contributed by atoms with Crippen molar-refractivity contribution in [2.24, 2.45) is 0 Å². The van der Waals surface area contributed by atoms with E-state index in [1.165, 1.54) is 11.4 Å². The molecule has 1 amide bonds. The molecular formula is C21H27ClN2O5S. The number of nitrogens with zero attached hydrogens (tertiary/aromatic N) is 1. The zero-order chi connectivity index (χ0) is 22.3. The van der Waals surface area contributed by atoms with Gasteiger partial charge in [0.25, 0.3) is 5.91 Å². The molecule has 2 rings (SSSR count). The quantitative estimate of drug-likeness (QED) is 0.556. The second-order valence-corrected chi connectivity index (χ2v) is 9.21. The molecule has 0 aliphatic rings. The van der Waals surface area contributed by atoms with Crippen LogP contribution in [0.4, 0.5) is 5.69 Å². The molecule has 0 saturated heterocycles. The molecule has 0 spiro atoms. The fourth-order valence-corrected chi connectivity index (χ4v) is 3.21. The Balaban J connectivity index is 1.84. The molecule has 1 atom stereocenters. The van der Waals surface area contributed by atoms with Crippen LogP contribution < -0.4 is 19.1 Å². The molecule has 0 unspecified atom stereocenters. The highest BCUT2D eigenvalue weighted by molar-refractivity contribution is 7.92. The van der Waals surface area contributed by atoms with Crippen LogP contribution in [0.5, 0.6) is 11.5 Å². The molecule has 0 fully saturated rings. The summed E-state index contributed by atoms with van der Waals surface area (Å²) >= 11 is 6.06.